The summed E-state index contributed by atoms with van der Waals surface area (Å²) in [5.41, 5.74) is 5.24. The predicted octanol–water partition coefficient (Wildman–Crippen LogP) is 5.54. The predicted molar refractivity (Wildman–Crippen MR) is 109 cm³/mol. The Bertz CT molecular complexity index is 1100. The van der Waals surface area contributed by atoms with Gasteiger partial charge in [-0.1, -0.05) is 50.2 Å². The zero-order valence-electron chi connectivity index (χ0n) is 15.6. The summed E-state index contributed by atoms with van der Waals surface area (Å²) in [6, 6.07) is 18.4. The van der Waals surface area contributed by atoms with Crippen LogP contribution < -0.4 is 5.32 Å². The number of nitrogens with zero attached hydrogens (tertiary/aromatic N) is 1. The number of carbonyl (C=O) groups excluding carboxylic acids is 1. The largest absolute Gasteiger partial charge is 0.372 e. The van der Waals surface area contributed by atoms with Crippen LogP contribution in [0.2, 0.25) is 0 Å². The van der Waals surface area contributed by atoms with Crippen molar-refractivity contribution < 1.29 is 4.79 Å². The van der Waals surface area contributed by atoms with Gasteiger partial charge in [0.05, 0.1) is 11.7 Å². The van der Waals surface area contributed by atoms with Crippen LogP contribution in [0, 0.1) is 5.41 Å². The molecule has 0 unspecified atom stereocenters. The first kappa shape index (κ1) is 16.2. The highest BCUT2D eigenvalue weighted by atomic mass is 16.1. The molecule has 2 heterocycles. The lowest BCUT2D eigenvalue weighted by Crippen LogP contribution is -2.33. The number of anilines is 1. The lowest BCUT2D eigenvalue weighted by atomic mass is 9.68. The molecule has 2 aliphatic rings. The van der Waals surface area contributed by atoms with Crippen LogP contribution in [0.15, 0.2) is 66.4 Å². The van der Waals surface area contributed by atoms with Crippen molar-refractivity contribution in [2.24, 2.45) is 5.41 Å². The molecule has 3 nitrogen and oxygen atoms in total. The molecule has 3 aromatic rings. The van der Waals surface area contributed by atoms with Crippen LogP contribution in [-0.4, -0.2) is 10.8 Å². The Balaban J connectivity index is 1.82. The zero-order valence-corrected chi connectivity index (χ0v) is 15.6. The number of pyridine rings is 1. The maximum Gasteiger partial charge on any atom is 0.162 e. The Kier molecular flexibility index (Phi) is 3.48. The van der Waals surface area contributed by atoms with Gasteiger partial charge in [-0.25, -0.2) is 0 Å². The summed E-state index contributed by atoms with van der Waals surface area (Å²) in [5.74, 6) is 0.239. The molecule has 3 heteroatoms. The van der Waals surface area contributed by atoms with Crippen molar-refractivity contribution >= 4 is 27.8 Å². The molecule has 1 aliphatic carbocycles. The fourth-order valence-corrected chi connectivity index (χ4v) is 4.61. The molecule has 0 saturated carbocycles. The SMILES string of the molecule is CC1(C)CC(=O)C2=C(C1)c1c(ccc3ccccc13)N[C@H]2c1ccccn1. The van der Waals surface area contributed by atoms with Gasteiger partial charge in [0.25, 0.3) is 0 Å². The Morgan fingerprint density at radius 3 is 2.63 bits per heavy atom. The number of hydrogen-bond acceptors (Lipinski definition) is 3. The summed E-state index contributed by atoms with van der Waals surface area (Å²) >= 11 is 0. The molecule has 1 aliphatic heterocycles. The van der Waals surface area contributed by atoms with Crippen LogP contribution in [0.4, 0.5) is 5.69 Å². The molecule has 27 heavy (non-hydrogen) atoms. The van der Waals surface area contributed by atoms with E-state index in [4.69, 9.17) is 0 Å². The van der Waals surface area contributed by atoms with Crippen LogP contribution in [-0.2, 0) is 4.79 Å². The number of rotatable bonds is 1. The number of carbonyl (C=O) groups is 1. The molecule has 1 atom stereocenters. The average molecular weight is 354 g/mol. The lowest BCUT2D eigenvalue weighted by Gasteiger charge is -2.39. The van der Waals surface area contributed by atoms with E-state index in [0.29, 0.717) is 6.42 Å². The van der Waals surface area contributed by atoms with E-state index < -0.39 is 0 Å². The van der Waals surface area contributed by atoms with E-state index in [1.807, 2.05) is 18.2 Å². The Morgan fingerprint density at radius 2 is 1.81 bits per heavy atom. The topological polar surface area (TPSA) is 42.0 Å². The normalized spacial score (nSPS) is 20.8. The highest BCUT2D eigenvalue weighted by Gasteiger charge is 2.41. The van der Waals surface area contributed by atoms with Crippen LogP contribution >= 0.6 is 0 Å². The van der Waals surface area contributed by atoms with Crippen molar-refractivity contribution in [1.82, 2.24) is 4.98 Å². The van der Waals surface area contributed by atoms with E-state index >= 15 is 0 Å². The molecule has 0 amide bonds. The molecule has 0 radical (unpaired) electrons. The van der Waals surface area contributed by atoms with E-state index in [2.05, 4.69) is 60.5 Å². The molecule has 0 bridgehead atoms. The summed E-state index contributed by atoms with van der Waals surface area (Å²) in [6.07, 6.45) is 3.28. The van der Waals surface area contributed by atoms with Gasteiger partial charge in [0.1, 0.15) is 0 Å². The number of allylic oxidation sites excluding steroid dienone is 1. The quantitative estimate of drug-likeness (QED) is 0.623. The van der Waals surface area contributed by atoms with E-state index in [-0.39, 0.29) is 17.2 Å². The first-order valence-corrected chi connectivity index (χ1v) is 9.49. The summed E-state index contributed by atoms with van der Waals surface area (Å²) in [5, 5.41) is 6.04. The zero-order chi connectivity index (χ0) is 18.6. The molecule has 0 fully saturated rings. The average Bonchev–Trinajstić information content (AvgIpc) is 2.66. The number of hydrogen-bond donors (Lipinski definition) is 1. The highest BCUT2D eigenvalue weighted by molar-refractivity contribution is 6.12. The Hall–Kier alpha value is -2.94. The smallest absolute Gasteiger partial charge is 0.162 e. The van der Waals surface area contributed by atoms with Crippen molar-refractivity contribution in [3.05, 3.63) is 77.6 Å². The number of fused-ring (bicyclic) bond motifs is 4. The minimum absolute atomic E-state index is 0.0316. The van der Waals surface area contributed by atoms with Gasteiger partial charge in [0, 0.05) is 29.4 Å². The van der Waals surface area contributed by atoms with Crippen molar-refractivity contribution in [1.29, 1.82) is 0 Å². The first-order valence-electron chi connectivity index (χ1n) is 9.49. The minimum atomic E-state index is -0.182. The molecule has 134 valence electrons. The van der Waals surface area contributed by atoms with Crippen molar-refractivity contribution in [2.45, 2.75) is 32.7 Å². The molecule has 2 aromatic carbocycles. The third-order valence-electron chi connectivity index (χ3n) is 5.72. The van der Waals surface area contributed by atoms with Gasteiger partial charge in [-0.05, 0) is 46.4 Å². The number of Topliss-reactive ketones (excluding diaryl/α,β-unsaturated/α-hetero) is 1. The van der Waals surface area contributed by atoms with Gasteiger partial charge in [0.15, 0.2) is 5.78 Å². The fraction of sp³-hybridized carbons (Fsp3) is 0.250. The number of nitrogens with one attached hydrogen (secondary N) is 1. The van der Waals surface area contributed by atoms with E-state index in [1.54, 1.807) is 6.20 Å². The van der Waals surface area contributed by atoms with Gasteiger partial charge in [-0.15, -0.1) is 0 Å². The second-order valence-corrected chi connectivity index (χ2v) is 8.37. The third kappa shape index (κ3) is 2.57. The summed E-state index contributed by atoms with van der Waals surface area (Å²) in [7, 11) is 0. The van der Waals surface area contributed by atoms with Gasteiger partial charge in [0.2, 0.25) is 0 Å². The van der Waals surface area contributed by atoms with Crippen molar-refractivity contribution in [3.63, 3.8) is 0 Å². The minimum Gasteiger partial charge on any atom is -0.372 e. The van der Waals surface area contributed by atoms with E-state index in [0.717, 1.165) is 23.4 Å². The molecular weight excluding hydrogens is 332 g/mol. The second-order valence-electron chi connectivity index (χ2n) is 8.37. The molecule has 1 aromatic heterocycles. The molecular formula is C24H22N2O. The molecule has 0 spiro atoms. The van der Waals surface area contributed by atoms with Crippen LogP contribution in [0.25, 0.3) is 16.3 Å². The van der Waals surface area contributed by atoms with Gasteiger partial charge in [-0.3, -0.25) is 9.78 Å². The summed E-state index contributed by atoms with van der Waals surface area (Å²) in [6.45, 7) is 4.38. The number of benzene rings is 2. The monoisotopic (exact) mass is 354 g/mol. The number of ketones is 1. The lowest BCUT2D eigenvalue weighted by molar-refractivity contribution is -0.118. The van der Waals surface area contributed by atoms with E-state index in [1.165, 1.54) is 21.9 Å². The number of aromatic nitrogens is 1. The Morgan fingerprint density at radius 1 is 1.00 bits per heavy atom. The highest BCUT2D eigenvalue weighted by Crippen LogP contribution is 2.51. The van der Waals surface area contributed by atoms with Crippen LogP contribution in [0.1, 0.15) is 44.0 Å². The van der Waals surface area contributed by atoms with Gasteiger partial charge < -0.3 is 5.32 Å². The third-order valence-corrected chi connectivity index (χ3v) is 5.72. The van der Waals surface area contributed by atoms with Gasteiger partial charge in [-0.2, -0.15) is 0 Å². The summed E-state index contributed by atoms with van der Waals surface area (Å²) in [4.78, 5) is 17.8. The van der Waals surface area contributed by atoms with E-state index in [9.17, 15) is 4.79 Å². The standard InChI is InChI=1S/C24H22N2O/c1-24(2)13-17-21-16-8-4-3-7-15(16)10-11-18(21)26-23(22(17)20(27)14-24)19-9-5-6-12-25-19/h3-12,23,26H,13-14H2,1-2H3/t23-/m0/s1. The maximum absolute atomic E-state index is 13.2. The molecule has 1 N–H and O–H groups in total. The van der Waals surface area contributed by atoms with Gasteiger partial charge >= 0.3 is 0 Å². The summed E-state index contributed by atoms with van der Waals surface area (Å²) < 4.78 is 0. The van der Waals surface area contributed by atoms with Crippen molar-refractivity contribution in [3.8, 4) is 0 Å². The van der Waals surface area contributed by atoms with Crippen LogP contribution in [0.3, 0.4) is 0 Å². The molecule has 0 saturated heterocycles. The van der Waals surface area contributed by atoms with Crippen LogP contribution in [0.5, 0.6) is 0 Å². The first-order chi connectivity index (χ1) is 13.0. The maximum atomic E-state index is 13.2. The second kappa shape index (κ2) is 5.78. The Labute approximate surface area is 159 Å². The van der Waals surface area contributed by atoms with Crippen molar-refractivity contribution in [2.75, 3.05) is 5.32 Å². The molecule has 5 rings (SSSR count). The fourth-order valence-electron chi connectivity index (χ4n) is 4.61.